The standard InChI is InChI=1S/C24H20ClF3N4O5/c1-14-3-6-17(7-4-14)30-22(33)13-37-23-18(25)9-15(10-21(23)36-2)12-29-31-19-8-5-16(24(26,27)28)11-20(19)32(34)35/h3-12,31H,13H2,1-2H3,(H,30,33)/b29-12-. The van der Waals surface area contributed by atoms with Crippen molar-refractivity contribution in [2.45, 2.75) is 13.1 Å². The van der Waals surface area contributed by atoms with Crippen molar-refractivity contribution in [2.75, 3.05) is 24.5 Å². The Balaban J connectivity index is 1.70. The van der Waals surface area contributed by atoms with Gasteiger partial charge in [0.1, 0.15) is 5.69 Å². The van der Waals surface area contributed by atoms with Crippen LogP contribution >= 0.6 is 11.6 Å². The number of alkyl halides is 3. The maximum absolute atomic E-state index is 12.9. The molecule has 0 heterocycles. The summed E-state index contributed by atoms with van der Waals surface area (Å²) in [6, 6.07) is 12.1. The zero-order valence-corrected chi connectivity index (χ0v) is 20.2. The van der Waals surface area contributed by atoms with Gasteiger partial charge in [-0.05, 0) is 48.9 Å². The highest BCUT2D eigenvalue weighted by Gasteiger charge is 2.33. The number of amides is 1. The van der Waals surface area contributed by atoms with Crippen LogP contribution in [-0.4, -0.2) is 30.8 Å². The lowest BCUT2D eigenvalue weighted by molar-refractivity contribution is -0.384. The number of ether oxygens (including phenoxy) is 2. The van der Waals surface area contributed by atoms with E-state index >= 15 is 0 Å². The Morgan fingerprint density at radius 3 is 2.49 bits per heavy atom. The third-order valence-corrected chi connectivity index (χ3v) is 5.14. The molecule has 0 bridgehead atoms. The highest BCUT2D eigenvalue weighted by molar-refractivity contribution is 6.32. The first-order valence-electron chi connectivity index (χ1n) is 10.5. The summed E-state index contributed by atoms with van der Waals surface area (Å²) >= 11 is 6.28. The van der Waals surface area contributed by atoms with E-state index in [0.717, 1.165) is 11.6 Å². The number of hydrazone groups is 1. The first-order valence-corrected chi connectivity index (χ1v) is 10.9. The largest absolute Gasteiger partial charge is 0.493 e. The predicted octanol–water partition coefficient (Wildman–Crippen LogP) is 6.05. The molecule has 3 aromatic carbocycles. The number of methoxy groups -OCH3 is 1. The van der Waals surface area contributed by atoms with Gasteiger partial charge in [0.05, 0.1) is 28.8 Å². The van der Waals surface area contributed by atoms with Crippen LogP contribution in [0.1, 0.15) is 16.7 Å². The van der Waals surface area contributed by atoms with Crippen molar-refractivity contribution in [1.29, 1.82) is 0 Å². The summed E-state index contributed by atoms with van der Waals surface area (Å²) in [5.74, 6) is -0.140. The van der Waals surface area contributed by atoms with E-state index in [2.05, 4.69) is 15.8 Å². The van der Waals surface area contributed by atoms with Gasteiger partial charge in [-0.15, -0.1) is 0 Å². The van der Waals surface area contributed by atoms with Gasteiger partial charge < -0.3 is 14.8 Å². The molecule has 0 aliphatic heterocycles. The number of aryl methyl sites for hydroxylation is 1. The van der Waals surface area contributed by atoms with Crippen LogP contribution in [-0.2, 0) is 11.0 Å². The molecule has 0 atom stereocenters. The molecule has 2 N–H and O–H groups in total. The average molecular weight is 537 g/mol. The number of halogens is 4. The van der Waals surface area contributed by atoms with Crippen molar-refractivity contribution in [3.05, 3.63) is 86.4 Å². The molecule has 0 saturated heterocycles. The summed E-state index contributed by atoms with van der Waals surface area (Å²) in [4.78, 5) is 22.5. The Labute approximate surface area is 214 Å². The molecule has 0 aliphatic rings. The van der Waals surface area contributed by atoms with Gasteiger partial charge in [0.2, 0.25) is 0 Å². The van der Waals surface area contributed by atoms with Crippen molar-refractivity contribution in [1.82, 2.24) is 0 Å². The lowest BCUT2D eigenvalue weighted by Crippen LogP contribution is -2.20. The predicted molar refractivity (Wildman–Crippen MR) is 133 cm³/mol. The maximum Gasteiger partial charge on any atom is 0.416 e. The Morgan fingerprint density at radius 1 is 1.16 bits per heavy atom. The second kappa shape index (κ2) is 11.6. The number of carbonyl (C=O) groups is 1. The van der Waals surface area contributed by atoms with Gasteiger partial charge in [-0.3, -0.25) is 20.3 Å². The molecule has 37 heavy (non-hydrogen) atoms. The molecule has 0 aromatic heterocycles. The number of nitrogens with zero attached hydrogens (tertiary/aromatic N) is 2. The molecule has 194 valence electrons. The van der Waals surface area contributed by atoms with E-state index in [-0.39, 0.29) is 28.8 Å². The fourth-order valence-electron chi connectivity index (χ4n) is 3.06. The van der Waals surface area contributed by atoms with Crippen LogP contribution in [0.25, 0.3) is 0 Å². The molecular formula is C24H20ClF3N4O5. The molecule has 0 aliphatic carbocycles. The number of carbonyl (C=O) groups excluding carboxylic acids is 1. The van der Waals surface area contributed by atoms with Gasteiger partial charge in [-0.1, -0.05) is 29.3 Å². The number of hydrogen-bond acceptors (Lipinski definition) is 7. The molecule has 0 spiro atoms. The van der Waals surface area contributed by atoms with Crippen molar-refractivity contribution in [2.24, 2.45) is 5.10 Å². The van der Waals surface area contributed by atoms with Gasteiger partial charge in [0.25, 0.3) is 11.6 Å². The van der Waals surface area contributed by atoms with Gasteiger partial charge in [0.15, 0.2) is 18.1 Å². The molecule has 1 amide bonds. The lowest BCUT2D eigenvalue weighted by atomic mass is 10.1. The monoisotopic (exact) mass is 536 g/mol. The highest BCUT2D eigenvalue weighted by atomic mass is 35.5. The van der Waals surface area contributed by atoms with E-state index in [1.807, 2.05) is 19.1 Å². The lowest BCUT2D eigenvalue weighted by Gasteiger charge is -2.13. The van der Waals surface area contributed by atoms with Crippen LogP contribution in [0.15, 0.2) is 59.7 Å². The number of benzene rings is 3. The Bertz CT molecular complexity index is 1330. The molecule has 9 nitrogen and oxygen atoms in total. The van der Waals surface area contributed by atoms with Crippen LogP contribution in [0, 0.1) is 17.0 Å². The van der Waals surface area contributed by atoms with Crippen molar-refractivity contribution in [3.8, 4) is 11.5 Å². The van der Waals surface area contributed by atoms with Crippen LogP contribution in [0.4, 0.5) is 30.2 Å². The average Bonchev–Trinajstić information content (AvgIpc) is 2.83. The zero-order valence-electron chi connectivity index (χ0n) is 19.4. The maximum atomic E-state index is 12.9. The fraction of sp³-hybridized carbons (Fsp3) is 0.167. The van der Waals surface area contributed by atoms with E-state index in [1.54, 1.807) is 12.1 Å². The highest BCUT2D eigenvalue weighted by Crippen LogP contribution is 2.37. The van der Waals surface area contributed by atoms with Crippen LogP contribution in [0.5, 0.6) is 11.5 Å². The molecule has 0 saturated carbocycles. The molecule has 13 heteroatoms. The van der Waals surface area contributed by atoms with E-state index in [4.69, 9.17) is 21.1 Å². The fourth-order valence-corrected chi connectivity index (χ4v) is 3.33. The van der Waals surface area contributed by atoms with Gasteiger partial charge in [-0.25, -0.2) is 0 Å². The summed E-state index contributed by atoms with van der Waals surface area (Å²) in [5.41, 5.74) is 2.17. The third-order valence-electron chi connectivity index (χ3n) is 4.86. The van der Waals surface area contributed by atoms with Crippen molar-refractivity contribution in [3.63, 3.8) is 0 Å². The zero-order chi connectivity index (χ0) is 27.2. The van der Waals surface area contributed by atoms with E-state index in [9.17, 15) is 28.1 Å². The van der Waals surface area contributed by atoms with Crippen molar-refractivity contribution < 1.29 is 32.4 Å². The summed E-state index contributed by atoms with van der Waals surface area (Å²) in [6.07, 6.45) is -3.51. The Morgan fingerprint density at radius 2 is 1.86 bits per heavy atom. The van der Waals surface area contributed by atoms with Crippen LogP contribution < -0.4 is 20.2 Å². The van der Waals surface area contributed by atoms with Crippen LogP contribution in [0.3, 0.4) is 0 Å². The Kier molecular flexibility index (Phi) is 8.56. The van der Waals surface area contributed by atoms with Gasteiger partial charge >= 0.3 is 6.18 Å². The molecular weight excluding hydrogens is 517 g/mol. The Hall–Kier alpha value is -4.32. The van der Waals surface area contributed by atoms with Gasteiger partial charge in [0, 0.05) is 11.8 Å². The minimum absolute atomic E-state index is 0.0875. The number of nitro benzene ring substituents is 1. The number of nitrogens with one attached hydrogen (secondary N) is 2. The second-order valence-electron chi connectivity index (χ2n) is 7.59. The summed E-state index contributed by atoms with van der Waals surface area (Å²) in [5, 5.41) is 17.8. The minimum atomic E-state index is -4.73. The third kappa shape index (κ3) is 7.34. The van der Waals surface area contributed by atoms with E-state index < -0.39 is 28.3 Å². The number of anilines is 2. The van der Waals surface area contributed by atoms with Gasteiger partial charge in [-0.2, -0.15) is 18.3 Å². The normalized spacial score (nSPS) is 11.3. The van der Waals surface area contributed by atoms with E-state index in [1.165, 1.54) is 25.5 Å². The minimum Gasteiger partial charge on any atom is -0.493 e. The van der Waals surface area contributed by atoms with E-state index in [0.29, 0.717) is 23.4 Å². The number of hydrogen-bond donors (Lipinski definition) is 2. The molecule has 0 unspecified atom stereocenters. The second-order valence-corrected chi connectivity index (χ2v) is 8.00. The molecule has 3 rings (SSSR count). The number of nitro groups is 1. The SMILES string of the molecule is COc1cc(/C=N\Nc2ccc(C(F)(F)F)cc2[N+](=O)[O-])cc(Cl)c1OCC(=O)Nc1ccc(C)cc1. The first-order chi connectivity index (χ1) is 17.5. The summed E-state index contributed by atoms with van der Waals surface area (Å²) < 4.78 is 49.4. The molecule has 0 fully saturated rings. The molecule has 3 aromatic rings. The topological polar surface area (TPSA) is 115 Å². The van der Waals surface area contributed by atoms with Crippen molar-refractivity contribution >= 4 is 40.8 Å². The smallest absolute Gasteiger partial charge is 0.416 e. The summed E-state index contributed by atoms with van der Waals surface area (Å²) in [6.45, 7) is 1.57. The first kappa shape index (κ1) is 27.3. The number of rotatable bonds is 9. The molecule has 0 radical (unpaired) electrons. The van der Waals surface area contributed by atoms with Crippen LogP contribution in [0.2, 0.25) is 5.02 Å². The quantitative estimate of drug-likeness (QED) is 0.195. The summed E-state index contributed by atoms with van der Waals surface area (Å²) in [7, 11) is 1.36.